The SMILES string of the molecule is CC(C)NC(=O)Cc1ccc(NS(=O)(=O)c2ccc(C#N)cc2)cc1. The lowest BCUT2D eigenvalue weighted by molar-refractivity contribution is -0.120. The fourth-order valence-corrected chi connectivity index (χ4v) is 3.23. The van der Waals surface area contributed by atoms with Gasteiger partial charge in [0.1, 0.15) is 0 Å². The lowest BCUT2D eigenvalue weighted by atomic mass is 10.1. The fraction of sp³-hybridized carbons (Fsp3) is 0.222. The highest BCUT2D eigenvalue weighted by Gasteiger charge is 2.14. The van der Waals surface area contributed by atoms with Crippen LogP contribution in [0.1, 0.15) is 25.0 Å². The van der Waals surface area contributed by atoms with Crippen molar-refractivity contribution in [3.05, 3.63) is 59.7 Å². The topological polar surface area (TPSA) is 99.1 Å². The standard InChI is InChI=1S/C18H19N3O3S/c1-13(2)20-18(22)11-14-3-7-16(8-4-14)21-25(23,24)17-9-5-15(12-19)6-10-17/h3-10,13,21H,11H2,1-2H3,(H,20,22). The molecule has 7 heteroatoms. The monoisotopic (exact) mass is 357 g/mol. The number of benzene rings is 2. The Bertz CT molecular complexity index is 881. The number of carbonyl (C=O) groups is 1. The summed E-state index contributed by atoms with van der Waals surface area (Å²) in [5, 5.41) is 11.6. The molecule has 0 spiro atoms. The van der Waals surface area contributed by atoms with Gasteiger partial charge in [-0.25, -0.2) is 8.42 Å². The minimum absolute atomic E-state index is 0.0750. The molecular formula is C18H19N3O3S. The Morgan fingerprint density at radius 2 is 1.68 bits per heavy atom. The highest BCUT2D eigenvalue weighted by Crippen LogP contribution is 2.17. The highest BCUT2D eigenvalue weighted by atomic mass is 32.2. The number of hydrogen-bond acceptors (Lipinski definition) is 4. The van der Waals surface area contributed by atoms with E-state index in [1.807, 2.05) is 19.9 Å². The first-order chi connectivity index (χ1) is 11.8. The second kappa shape index (κ2) is 7.81. The number of nitrogens with zero attached hydrogens (tertiary/aromatic N) is 1. The predicted octanol–water partition coefficient (Wildman–Crippen LogP) is 2.43. The zero-order valence-electron chi connectivity index (χ0n) is 14.0. The third-order valence-corrected chi connectivity index (χ3v) is 4.71. The number of carbonyl (C=O) groups excluding carboxylic acids is 1. The summed E-state index contributed by atoms with van der Waals surface area (Å²) in [4.78, 5) is 11.8. The van der Waals surface area contributed by atoms with Gasteiger partial charge in [0.05, 0.1) is 22.9 Å². The van der Waals surface area contributed by atoms with Crippen molar-refractivity contribution in [2.75, 3.05) is 4.72 Å². The molecule has 2 N–H and O–H groups in total. The third-order valence-electron chi connectivity index (χ3n) is 3.31. The van der Waals surface area contributed by atoms with Gasteiger partial charge in [0.25, 0.3) is 10.0 Å². The van der Waals surface area contributed by atoms with Crippen LogP contribution in [0.5, 0.6) is 0 Å². The summed E-state index contributed by atoms with van der Waals surface area (Å²) < 4.78 is 27.1. The van der Waals surface area contributed by atoms with Gasteiger partial charge in [0.2, 0.25) is 5.91 Å². The molecule has 6 nitrogen and oxygen atoms in total. The first kappa shape index (κ1) is 18.5. The Kier molecular flexibility index (Phi) is 5.78. The van der Waals surface area contributed by atoms with E-state index in [0.29, 0.717) is 11.3 Å². The van der Waals surface area contributed by atoms with Gasteiger partial charge in [-0.2, -0.15) is 5.26 Å². The molecular weight excluding hydrogens is 338 g/mol. The second-order valence-electron chi connectivity index (χ2n) is 5.84. The maximum absolute atomic E-state index is 12.3. The summed E-state index contributed by atoms with van der Waals surface area (Å²) in [5.41, 5.74) is 1.58. The van der Waals surface area contributed by atoms with E-state index in [1.54, 1.807) is 24.3 Å². The minimum Gasteiger partial charge on any atom is -0.354 e. The zero-order valence-corrected chi connectivity index (χ0v) is 14.8. The van der Waals surface area contributed by atoms with Crippen molar-refractivity contribution in [3.63, 3.8) is 0 Å². The van der Waals surface area contributed by atoms with E-state index in [2.05, 4.69) is 10.0 Å². The van der Waals surface area contributed by atoms with Gasteiger partial charge in [-0.1, -0.05) is 12.1 Å². The Hall–Kier alpha value is -2.85. The van der Waals surface area contributed by atoms with Gasteiger partial charge < -0.3 is 5.32 Å². The highest BCUT2D eigenvalue weighted by molar-refractivity contribution is 7.92. The molecule has 0 aliphatic rings. The van der Waals surface area contributed by atoms with E-state index in [9.17, 15) is 13.2 Å². The number of nitriles is 1. The summed E-state index contributed by atoms with van der Waals surface area (Å²) in [7, 11) is -3.73. The molecule has 0 radical (unpaired) electrons. The largest absolute Gasteiger partial charge is 0.354 e. The number of anilines is 1. The lowest BCUT2D eigenvalue weighted by Crippen LogP contribution is -2.31. The molecule has 0 unspecified atom stereocenters. The molecule has 0 atom stereocenters. The van der Waals surface area contributed by atoms with Crippen LogP contribution in [0.25, 0.3) is 0 Å². The number of nitrogens with one attached hydrogen (secondary N) is 2. The summed E-state index contributed by atoms with van der Waals surface area (Å²) >= 11 is 0. The maximum Gasteiger partial charge on any atom is 0.261 e. The van der Waals surface area contributed by atoms with Gasteiger partial charge in [-0.15, -0.1) is 0 Å². The minimum atomic E-state index is -3.73. The summed E-state index contributed by atoms with van der Waals surface area (Å²) in [6, 6.07) is 14.3. The van der Waals surface area contributed by atoms with Crippen LogP contribution in [-0.2, 0) is 21.2 Å². The van der Waals surface area contributed by atoms with Gasteiger partial charge >= 0.3 is 0 Å². The molecule has 0 saturated heterocycles. The first-order valence-corrected chi connectivity index (χ1v) is 9.20. The Labute approximate surface area is 147 Å². The van der Waals surface area contributed by atoms with Gasteiger partial charge in [-0.3, -0.25) is 9.52 Å². The molecule has 130 valence electrons. The van der Waals surface area contributed by atoms with Crippen molar-refractivity contribution in [2.45, 2.75) is 31.2 Å². The van der Waals surface area contributed by atoms with Crippen molar-refractivity contribution in [1.82, 2.24) is 5.32 Å². The molecule has 2 aromatic rings. The molecule has 0 saturated carbocycles. The molecule has 2 rings (SSSR count). The number of sulfonamides is 1. The van der Waals surface area contributed by atoms with Crippen molar-refractivity contribution < 1.29 is 13.2 Å². The second-order valence-corrected chi connectivity index (χ2v) is 7.52. The molecule has 0 aliphatic carbocycles. The van der Waals surface area contributed by atoms with E-state index in [4.69, 9.17) is 5.26 Å². The van der Waals surface area contributed by atoms with E-state index in [0.717, 1.165) is 5.56 Å². The van der Waals surface area contributed by atoms with Gasteiger partial charge in [0, 0.05) is 11.7 Å². The van der Waals surface area contributed by atoms with Crippen LogP contribution in [0, 0.1) is 11.3 Å². The average molecular weight is 357 g/mol. The van der Waals surface area contributed by atoms with Crippen LogP contribution < -0.4 is 10.0 Å². The number of amides is 1. The quantitative estimate of drug-likeness (QED) is 0.829. The van der Waals surface area contributed by atoms with Gasteiger partial charge in [-0.05, 0) is 55.8 Å². The molecule has 0 aliphatic heterocycles. The summed E-state index contributed by atoms with van der Waals surface area (Å²) in [6.45, 7) is 3.78. The fourth-order valence-electron chi connectivity index (χ4n) is 2.17. The van der Waals surface area contributed by atoms with Crippen molar-refractivity contribution in [1.29, 1.82) is 5.26 Å². The number of hydrogen-bond donors (Lipinski definition) is 2. The molecule has 0 bridgehead atoms. The van der Waals surface area contributed by atoms with Crippen molar-refractivity contribution in [2.24, 2.45) is 0 Å². The predicted molar refractivity (Wildman–Crippen MR) is 95.4 cm³/mol. The van der Waals surface area contributed by atoms with Crippen LogP contribution in [0.4, 0.5) is 5.69 Å². The molecule has 0 aromatic heterocycles. The molecule has 2 aromatic carbocycles. The van der Waals surface area contributed by atoms with E-state index < -0.39 is 10.0 Å². The first-order valence-electron chi connectivity index (χ1n) is 7.71. The van der Waals surface area contributed by atoms with Crippen molar-refractivity contribution >= 4 is 21.6 Å². The Morgan fingerprint density at radius 3 is 2.20 bits per heavy atom. The summed E-state index contributed by atoms with van der Waals surface area (Å²) in [5.74, 6) is -0.0825. The van der Waals surface area contributed by atoms with Crippen LogP contribution in [0.15, 0.2) is 53.4 Å². The van der Waals surface area contributed by atoms with E-state index in [-0.39, 0.29) is 23.3 Å². The van der Waals surface area contributed by atoms with E-state index >= 15 is 0 Å². The van der Waals surface area contributed by atoms with Crippen LogP contribution in [0.2, 0.25) is 0 Å². The molecule has 25 heavy (non-hydrogen) atoms. The average Bonchev–Trinajstić information content (AvgIpc) is 2.55. The summed E-state index contributed by atoms with van der Waals surface area (Å²) in [6.07, 6.45) is 0.237. The molecule has 1 amide bonds. The number of rotatable bonds is 6. The van der Waals surface area contributed by atoms with Crippen LogP contribution >= 0.6 is 0 Å². The third kappa shape index (κ3) is 5.33. The van der Waals surface area contributed by atoms with Crippen molar-refractivity contribution in [3.8, 4) is 6.07 Å². The molecule has 0 fully saturated rings. The zero-order chi connectivity index (χ0) is 18.4. The van der Waals surface area contributed by atoms with Gasteiger partial charge in [0.15, 0.2) is 0 Å². The normalized spacial score (nSPS) is 11.0. The van der Waals surface area contributed by atoms with Crippen LogP contribution in [-0.4, -0.2) is 20.4 Å². The Morgan fingerprint density at radius 1 is 1.08 bits per heavy atom. The lowest BCUT2D eigenvalue weighted by Gasteiger charge is -2.10. The maximum atomic E-state index is 12.3. The van der Waals surface area contributed by atoms with E-state index in [1.165, 1.54) is 24.3 Å². The Balaban J connectivity index is 2.07. The van der Waals surface area contributed by atoms with Crippen LogP contribution in [0.3, 0.4) is 0 Å². The smallest absolute Gasteiger partial charge is 0.261 e. The molecule has 0 heterocycles.